The molecule has 1 atom stereocenters. The van der Waals surface area contributed by atoms with E-state index in [0.29, 0.717) is 6.54 Å². The second-order valence-corrected chi connectivity index (χ2v) is 6.61. The van der Waals surface area contributed by atoms with E-state index in [2.05, 4.69) is 21.9 Å². The molecule has 0 amide bonds. The largest absolute Gasteiger partial charge is 0.491 e. The van der Waals surface area contributed by atoms with Gasteiger partial charge in [0.25, 0.3) is 0 Å². The topological polar surface area (TPSA) is 65.9 Å². The molecule has 7 heteroatoms. The Bertz CT molecular complexity index is 489. The van der Waals surface area contributed by atoms with E-state index in [1.807, 2.05) is 49.9 Å². The van der Waals surface area contributed by atoms with Crippen molar-refractivity contribution in [3.05, 3.63) is 29.8 Å². The molecule has 0 saturated heterocycles. The summed E-state index contributed by atoms with van der Waals surface area (Å²) in [7, 11) is 0. The summed E-state index contributed by atoms with van der Waals surface area (Å²) in [6.07, 6.45) is 3.81. The number of nitrogens with one attached hydrogen (secondary N) is 2. The van der Waals surface area contributed by atoms with Crippen LogP contribution in [0, 0.1) is 6.92 Å². The van der Waals surface area contributed by atoms with Crippen LogP contribution < -0.4 is 15.4 Å². The fourth-order valence-electron chi connectivity index (χ4n) is 2.07. The first kappa shape index (κ1) is 24.3. The number of hydrogen-bond donors (Lipinski definition) is 3. The van der Waals surface area contributed by atoms with E-state index in [0.717, 1.165) is 36.8 Å². The second kappa shape index (κ2) is 15.6. The van der Waals surface area contributed by atoms with Gasteiger partial charge >= 0.3 is 0 Å². The molecule has 3 N–H and O–H groups in total. The normalized spacial score (nSPS) is 12.2. The van der Waals surface area contributed by atoms with E-state index in [4.69, 9.17) is 4.74 Å². The number of ether oxygens (including phenoxy) is 1. The molecule has 1 unspecified atom stereocenters. The third-order valence-corrected chi connectivity index (χ3v) is 4.00. The smallest absolute Gasteiger partial charge is 0.191 e. The SMILES string of the molecule is CCNC(=NCC(O)COc1cccc(C)c1)NCCCCSC.I. The van der Waals surface area contributed by atoms with Gasteiger partial charge in [0.15, 0.2) is 5.96 Å². The number of benzene rings is 1. The first-order chi connectivity index (χ1) is 11.7. The highest BCUT2D eigenvalue weighted by atomic mass is 127. The van der Waals surface area contributed by atoms with Gasteiger partial charge in [0.1, 0.15) is 18.5 Å². The number of thioether (sulfide) groups is 1. The fourth-order valence-corrected chi connectivity index (χ4v) is 2.56. The Kier molecular flexibility index (Phi) is 15.2. The molecule has 0 aliphatic carbocycles. The summed E-state index contributed by atoms with van der Waals surface area (Å²) in [5.41, 5.74) is 1.14. The maximum absolute atomic E-state index is 10.0. The van der Waals surface area contributed by atoms with Crippen molar-refractivity contribution in [2.24, 2.45) is 4.99 Å². The number of halogens is 1. The number of aliphatic imine (C=N–C) groups is 1. The molecule has 0 radical (unpaired) electrons. The van der Waals surface area contributed by atoms with Crippen LogP contribution in [0.15, 0.2) is 29.3 Å². The zero-order valence-corrected chi connectivity index (χ0v) is 18.6. The lowest BCUT2D eigenvalue weighted by atomic mass is 10.2. The molecule has 1 aromatic carbocycles. The van der Waals surface area contributed by atoms with Crippen LogP contribution in [0.25, 0.3) is 0 Å². The number of guanidine groups is 1. The van der Waals surface area contributed by atoms with Crippen LogP contribution in [0.2, 0.25) is 0 Å². The lowest BCUT2D eigenvalue weighted by Gasteiger charge is -2.14. The standard InChI is InChI=1S/C18H31N3O2S.HI/c1-4-19-18(20-10-5-6-11-24-3)21-13-16(22)14-23-17-9-7-8-15(2)12-17;/h7-9,12,16,22H,4-6,10-11,13-14H2,1-3H3,(H2,19,20,21);1H. The Hall–Kier alpha value is -0.670. The van der Waals surface area contributed by atoms with E-state index in [9.17, 15) is 5.11 Å². The van der Waals surface area contributed by atoms with Crippen LogP contribution in [0.5, 0.6) is 5.75 Å². The molecule has 0 aliphatic heterocycles. The minimum absolute atomic E-state index is 0. The van der Waals surface area contributed by atoms with Crippen LogP contribution >= 0.6 is 35.7 Å². The molecular formula is C18H32IN3O2S. The van der Waals surface area contributed by atoms with Gasteiger partial charge in [0.2, 0.25) is 0 Å². The first-order valence-corrected chi connectivity index (χ1v) is 9.93. The van der Waals surface area contributed by atoms with E-state index in [-0.39, 0.29) is 30.6 Å². The maximum Gasteiger partial charge on any atom is 0.191 e. The van der Waals surface area contributed by atoms with Crippen molar-refractivity contribution in [2.45, 2.75) is 32.8 Å². The van der Waals surface area contributed by atoms with Crippen LogP contribution in [-0.2, 0) is 0 Å². The second-order valence-electron chi connectivity index (χ2n) is 5.63. The number of nitrogens with zero attached hydrogens (tertiary/aromatic N) is 1. The first-order valence-electron chi connectivity index (χ1n) is 8.54. The Morgan fingerprint density at radius 3 is 2.80 bits per heavy atom. The minimum Gasteiger partial charge on any atom is -0.491 e. The number of aryl methyl sites for hydroxylation is 1. The third kappa shape index (κ3) is 12.3. The highest BCUT2D eigenvalue weighted by Gasteiger charge is 2.06. The number of aliphatic hydroxyl groups excluding tert-OH is 1. The van der Waals surface area contributed by atoms with E-state index >= 15 is 0 Å². The van der Waals surface area contributed by atoms with Crippen molar-refractivity contribution < 1.29 is 9.84 Å². The van der Waals surface area contributed by atoms with E-state index in [1.165, 1.54) is 12.2 Å². The predicted molar refractivity (Wildman–Crippen MR) is 120 cm³/mol. The molecule has 144 valence electrons. The van der Waals surface area contributed by atoms with Gasteiger partial charge in [-0.15, -0.1) is 24.0 Å². The van der Waals surface area contributed by atoms with Crippen molar-refractivity contribution >= 4 is 41.7 Å². The summed E-state index contributed by atoms with van der Waals surface area (Å²) >= 11 is 1.87. The van der Waals surface area contributed by atoms with Crippen LogP contribution in [0.3, 0.4) is 0 Å². The monoisotopic (exact) mass is 481 g/mol. The molecule has 5 nitrogen and oxygen atoms in total. The highest BCUT2D eigenvalue weighted by Crippen LogP contribution is 2.12. The molecule has 1 aromatic rings. The molecular weight excluding hydrogens is 449 g/mol. The van der Waals surface area contributed by atoms with Crippen LogP contribution in [0.1, 0.15) is 25.3 Å². The Labute approximate surface area is 173 Å². The van der Waals surface area contributed by atoms with Crippen molar-refractivity contribution in [1.82, 2.24) is 10.6 Å². The average Bonchev–Trinajstić information content (AvgIpc) is 2.57. The molecule has 0 saturated carbocycles. The number of rotatable bonds is 11. The summed E-state index contributed by atoms with van der Waals surface area (Å²) in [6, 6.07) is 7.81. The quantitative estimate of drug-likeness (QED) is 0.196. The molecule has 0 aromatic heterocycles. The van der Waals surface area contributed by atoms with E-state index in [1.54, 1.807) is 0 Å². The molecule has 0 fully saturated rings. The third-order valence-electron chi connectivity index (χ3n) is 3.30. The Morgan fingerprint density at radius 1 is 1.32 bits per heavy atom. The van der Waals surface area contributed by atoms with Gasteiger partial charge in [0, 0.05) is 13.1 Å². The van der Waals surface area contributed by atoms with Gasteiger partial charge in [-0.1, -0.05) is 12.1 Å². The van der Waals surface area contributed by atoms with Crippen LogP contribution in [-0.4, -0.2) is 55.4 Å². The van der Waals surface area contributed by atoms with Crippen LogP contribution in [0.4, 0.5) is 0 Å². The van der Waals surface area contributed by atoms with Crippen molar-refractivity contribution in [3.63, 3.8) is 0 Å². The molecule has 0 heterocycles. The number of aliphatic hydroxyl groups is 1. The molecule has 25 heavy (non-hydrogen) atoms. The van der Waals surface area contributed by atoms with Gasteiger partial charge in [-0.05, 0) is 56.4 Å². The van der Waals surface area contributed by atoms with Gasteiger partial charge in [-0.25, -0.2) is 0 Å². The van der Waals surface area contributed by atoms with Crippen molar-refractivity contribution in [3.8, 4) is 5.75 Å². The predicted octanol–water partition coefficient (Wildman–Crippen LogP) is 3.05. The number of unbranched alkanes of at least 4 members (excludes halogenated alkanes) is 1. The molecule has 0 bridgehead atoms. The Balaban J connectivity index is 0.00000576. The maximum atomic E-state index is 10.0. The minimum atomic E-state index is -0.627. The summed E-state index contributed by atoms with van der Waals surface area (Å²) in [4.78, 5) is 4.42. The average molecular weight is 481 g/mol. The van der Waals surface area contributed by atoms with Crippen molar-refractivity contribution in [1.29, 1.82) is 0 Å². The lowest BCUT2D eigenvalue weighted by Crippen LogP contribution is -2.38. The van der Waals surface area contributed by atoms with Gasteiger partial charge < -0.3 is 20.5 Å². The van der Waals surface area contributed by atoms with E-state index < -0.39 is 6.10 Å². The zero-order chi connectivity index (χ0) is 17.6. The van der Waals surface area contributed by atoms with Gasteiger partial charge in [-0.3, -0.25) is 4.99 Å². The number of hydrogen-bond acceptors (Lipinski definition) is 4. The van der Waals surface area contributed by atoms with Gasteiger partial charge in [-0.2, -0.15) is 11.8 Å². The molecule has 0 spiro atoms. The zero-order valence-electron chi connectivity index (χ0n) is 15.5. The summed E-state index contributed by atoms with van der Waals surface area (Å²) in [5.74, 6) is 2.71. The van der Waals surface area contributed by atoms with Gasteiger partial charge in [0.05, 0.1) is 6.54 Å². The molecule has 1 rings (SSSR count). The summed E-state index contributed by atoms with van der Waals surface area (Å²) in [5, 5.41) is 16.5. The fraction of sp³-hybridized carbons (Fsp3) is 0.611. The lowest BCUT2D eigenvalue weighted by molar-refractivity contribution is 0.114. The van der Waals surface area contributed by atoms with Crippen molar-refractivity contribution in [2.75, 3.05) is 38.2 Å². The molecule has 0 aliphatic rings. The summed E-state index contributed by atoms with van der Waals surface area (Å²) < 4.78 is 5.60. The Morgan fingerprint density at radius 2 is 2.12 bits per heavy atom. The summed E-state index contributed by atoms with van der Waals surface area (Å²) in [6.45, 7) is 6.28. The highest BCUT2D eigenvalue weighted by molar-refractivity contribution is 14.0.